The molecular weight excluding hydrogens is 290 g/mol. The fourth-order valence-electron chi connectivity index (χ4n) is 2.92. The lowest BCUT2D eigenvalue weighted by Crippen LogP contribution is -2.49. The number of rotatable bonds is 4. The second-order valence-corrected chi connectivity index (χ2v) is 7.44. The van der Waals surface area contributed by atoms with Crippen molar-refractivity contribution in [3.63, 3.8) is 0 Å². The molecule has 1 aromatic carbocycles. The number of hydrogen-bond donors (Lipinski definition) is 2. The third-order valence-electron chi connectivity index (χ3n) is 4.19. The van der Waals surface area contributed by atoms with Crippen LogP contribution in [0.5, 0.6) is 0 Å². The molecule has 0 atom stereocenters. The molecule has 6 nitrogen and oxygen atoms in total. The first kappa shape index (κ1) is 14.9. The van der Waals surface area contributed by atoms with Crippen LogP contribution in [0.3, 0.4) is 0 Å². The van der Waals surface area contributed by atoms with Gasteiger partial charge in [0, 0.05) is 45.8 Å². The van der Waals surface area contributed by atoms with Crippen LogP contribution in [0, 0.1) is 0 Å². The van der Waals surface area contributed by atoms with Crippen LogP contribution in [-0.4, -0.2) is 62.1 Å². The van der Waals surface area contributed by atoms with Gasteiger partial charge in [-0.05, 0) is 23.3 Å². The van der Waals surface area contributed by atoms with Gasteiger partial charge in [0.1, 0.15) is 0 Å². The normalized spacial score (nSPS) is 20.6. The first-order valence-corrected chi connectivity index (χ1v) is 8.71. The van der Waals surface area contributed by atoms with Crippen LogP contribution >= 0.6 is 0 Å². The second kappa shape index (κ2) is 6.02. The van der Waals surface area contributed by atoms with Gasteiger partial charge in [-0.3, -0.25) is 4.90 Å². The van der Waals surface area contributed by atoms with Crippen molar-refractivity contribution >= 4 is 10.0 Å². The Bertz CT molecular complexity index is 610. The van der Waals surface area contributed by atoms with Crippen LogP contribution in [-0.2, 0) is 23.1 Å². The highest BCUT2D eigenvalue weighted by atomic mass is 32.2. The van der Waals surface area contributed by atoms with Crippen molar-refractivity contribution in [2.24, 2.45) is 0 Å². The molecule has 0 amide bonds. The van der Waals surface area contributed by atoms with E-state index in [1.54, 1.807) is 16.4 Å². The lowest BCUT2D eigenvalue weighted by Gasteiger charge is -2.33. The quantitative estimate of drug-likeness (QED) is 0.791. The van der Waals surface area contributed by atoms with E-state index < -0.39 is 10.0 Å². The third-order valence-corrected chi connectivity index (χ3v) is 6.09. The van der Waals surface area contributed by atoms with Gasteiger partial charge in [0.15, 0.2) is 0 Å². The molecule has 0 saturated carbocycles. The third kappa shape index (κ3) is 2.97. The van der Waals surface area contributed by atoms with Gasteiger partial charge in [-0.2, -0.15) is 4.31 Å². The van der Waals surface area contributed by atoms with Gasteiger partial charge in [-0.25, -0.2) is 8.42 Å². The zero-order valence-electron chi connectivity index (χ0n) is 12.0. The van der Waals surface area contributed by atoms with Crippen LogP contribution in [0.2, 0.25) is 0 Å². The van der Waals surface area contributed by atoms with Crippen molar-refractivity contribution in [2.45, 2.75) is 18.0 Å². The Balaban J connectivity index is 1.75. The van der Waals surface area contributed by atoms with Crippen molar-refractivity contribution in [3.8, 4) is 0 Å². The summed E-state index contributed by atoms with van der Waals surface area (Å²) >= 11 is 0. The summed E-state index contributed by atoms with van der Waals surface area (Å²) in [5.74, 6) is 0. The second-order valence-electron chi connectivity index (χ2n) is 5.50. The number of aliphatic hydroxyl groups is 1. The summed E-state index contributed by atoms with van der Waals surface area (Å²) in [4.78, 5) is 2.47. The largest absolute Gasteiger partial charge is 0.395 e. The molecule has 7 heteroatoms. The van der Waals surface area contributed by atoms with Crippen LogP contribution in [0.1, 0.15) is 11.1 Å². The molecule has 0 unspecified atom stereocenters. The molecule has 2 heterocycles. The van der Waals surface area contributed by atoms with E-state index in [9.17, 15) is 8.42 Å². The fourth-order valence-corrected chi connectivity index (χ4v) is 4.39. The summed E-state index contributed by atoms with van der Waals surface area (Å²) < 4.78 is 26.9. The maximum absolute atomic E-state index is 12.7. The van der Waals surface area contributed by atoms with Crippen LogP contribution in [0.15, 0.2) is 23.1 Å². The molecule has 0 radical (unpaired) electrons. The number of β-amino-alcohol motifs (C(OH)–C–C–N with tert-alkyl or cyclic N) is 1. The summed E-state index contributed by atoms with van der Waals surface area (Å²) in [7, 11) is -3.41. The van der Waals surface area contributed by atoms with Crippen molar-refractivity contribution in [2.75, 3.05) is 39.3 Å². The van der Waals surface area contributed by atoms with E-state index in [4.69, 9.17) is 5.11 Å². The van der Waals surface area contributed by atoms with Crippen molar-refractivity contribution in [3.05, 3.63) is 29.3 Å². The first-order valence-electron chi connectivity index (χ1n) is 7.27. The highest BCUT2D eigenvalue weighted by Crippen LogP contribution is 2.23. The predicted octanol–water partition coefficient (Wildman–Crippen LogP) is -0.412. The Labute approximate surface area is 125 Å². The number of benzene rings is 1. The number of nitrogens with zero attached hydrogens (tertiary/aromatic N) is 2. The van der Waals surface area contributed by atoms with E-state index in [0.29, 0.717) is 37.6 Å². The molecular formula is C14H21N3O3S. The summed E-state index contributed by atoms with van der Waals surface area (Å²) in [5, 5.41) is 12.2. The molecule has 2 N–H and O–H groups in total. The summed E-state index contributed by atoms with van der Waals surface area (Å²) in [6, 6.07) is 5.41. The average molecular weight is 311 g/mol. The van der Waals surface area contributed by atoms with Crippen LogP contribution < -0.4 is 5.32 Å². The highest BCUT2D eigenvalue weighted by molar-refractivity contribution is 7.89. The van der Waals surface area contributed by atoms with E-state index in [1.165, 1.54) is 5.56 Å². The maximum Gasteiger partial charge on any atom is 0.243 e. The van der Waals surface area contributed by atoms with E-state index in [2.05, 4.69) is 10.2 Å². The molecule has 0 aromatic heterocycles. The Hall–Kier alpha value is -0.990. The summed E-state index contributed by atoms with van der Waals surface area (Å²) in [6.45, 7) is 4.59. The molecule has 1 aromatic rings. The molecule has 2 aliphatic rings. The van der Waals surface area contributed by atoms with Gasteiger partial charge in [-0.1, -0.05) is 6.07 Å². The molecule has 0 bridgehead atoms. The van der Waals surface area contributed by atoms with Gasteiger partial charge >= 0.3 is 0 Å². The van der Waals surface area contributed by atoms with Crippen LogP contribution in [0.4, 0.5) is 0 Å². The Morgan fingerprint density at radius 3 is 2.52 bits per heavy atom. The lowest BCUT2D eigenvalue weighted by atomic mass is 10.1. The minimum absolute atomic E-state index is 0.116. The van der Waals surface area contributed by atoms with E-state index in [0.717, 1.165) is 18.7 Å². The van der Waals surface area contributed by atoms with Crippen LogP contribution in [0.25, 0.3) is 0 Å². The SMILES string of the molecule is O=S(=O)(c1ccc2c(c1)CNC2)N1CCN(CCO)CC1. The zero-order chi connectivity index (χ0) is 14.9. The van der Waals surface area contributed by atoms with E-state index in [-0.39, 0.29) is 6.61 Å². The van der Waals surface area contributed by atoms with Crippen molar-refractivity contribution in [1.82, 2.24) is 14.5 Å². The minimum Gasteiger partial charge on any atom is -0.395 e. The van der Waals surface area contributed by atoms with Gasteiger partial charge < -0.3 is 10.4 Å². The molecule has 2 aliphatic heterocycles. The molecule has 1 saturated heterocycles. The fraction of sp³-hybridized carbons (Fsp3) is 0.571. The predicted molar refractivity (Wildman–Crippen MR) is 79.3 cm³/mol. The standard InChI is InChI=1S/C14H21N3O3S/c18-8-7-16-3-5-17(6-4-16)21(19,20)14-2-1-12-10-15-11-13(12)9-14/h1-2,9,15,18H,3-8,10-11H2. The monoisotopic (exact) mass is 311 g/mol. The number of fused-ring (bicyclic) bond motifs is 1. The first-order chi connectivity index (χ1) is 10.1. The topological polar surface area (TPSA) is 72.9 Å². The molecule has 0 spiro atoms. The smallest absolute Gasteiger partial charge is 0.243 e. The molecule has 21 heavy (non-hydrogen) atoms. The van der Waals surface area contributed by atoms with Gasteiger partial charge in [0.25, 0.3) is 0 Å². The zero-order valence-corrected chi connectivity index (χ0v) is 12.8. The molecule has 3 rings (SSSR count). The summed E-state index contributed by atoms with van der Waals surface area (Å²) in [5.41, 5.74) is 2.26. The van der Waals surface area contributed by atoms with E-state index in [1.807, 2.05) is 6.07 Å². The lowest BCUT2D eigenvalue weighted by molar-refractivity contribution is 0.151. The van der Waals surface area contributed by atoms with E-state index >= 15 is 0 Å². The molecule has 116 valence electrons. The Kier molecular flexibility index (Phi) is 4.28. The number of piperazine rings is 1. The highest BCUT2D eigenvalue weighted by Gasteiger charge is 2.29. The summed E-state index contributed by atoms with van der Waals surface area (Å²) in [6.07, 6.45) is 0. The Morgan fingerprint density at radius 2 is 1.81 bits per heavy atom. The van der Waals surface area contributed by atoms with Gasteiger partial charge in [-0.15, -0.1) is 0 Å². The molecule has 1 fully saturated rings. The minimum atomic E-state index is -3.41. The number of nitrogens with one attached hydrogen (secondary N) is 1. The number of hydrogen-bond acceptors (Lipinski definition) is 5. The number of aliphatic hydroxyl groups excluding tert-OH is 1. The maximum atomic E-state index is 12.7. The van der Waals surface area contributed by atoms with Crippen molar-refractivity contribution < 1.29 is 13.5 Å². The Morgan fingerprint density at radius 1 is 1.10 bits per heavy atom. The van der Waals surface area contributed by atoms with Gasteiger partial charge in [0.2, 0.25) is 10.0 Å². The van der Waals surface area contributed by atoms with Gasteiger partial charge in [0.05, 0.1) is 11.5 Å². The number of sulfonamides is 1. The average Bonchev–Trinajstić information content (AvgIpc) is 2.95. The van der Waals surface area contributed by atoms with Crippen molar-refractivity contribution in [1.29, 1.82) is 0 Å². The molecule has 0 aliphatic carbocycles.